The van der Waals surface area contributed by atoms with Crippen molar-refractivity contribution in [3.8, 4) is 34.5 Å². The van der Waals surface area contributed by atoms with Gasteiger partial charge in [0.2, 0.25) is 5.75 Å². The van der Waals surface area contributed by atoms with Gasteiger partial charge in [-0.2, -0.15) is 0 Å². The van der Waals surface area contributed by atoms with E-state index >= 15 is 0 Å². The highest BCUT2D eigenvalue weighted by Crippen LogP contribution is 2.44. The van der Waals surface area contributed by atoms with Gasteiger partial charge in [0.15, 0.2) is 29.1 Å². The molecule has 35 heavy (non-hydrogen) atoms. The van der Waals surface area contributed by atoms with Gasteiger partial charge in [0.1, 0.15) is 11.5 Å². The minimum absolute atomic E-state index is 0.140. The zero-order valence-corrected chi connectivity index (χ0v) is 19.8. The monoisotopic (exact) mass is 483 g/mol. The zero-order valence-electron chi connectivity index (χ0n) is 19.8. The number of fused-ring (bicyclic) bond motifs is 1. The maximum absolute atomic E-state index is 13.5. The summed E-state index contributed by atoms with van der Waals surface area (Å²) in [4.78, 5) is 26.2. The summed E-state index contributed by atoms with van der Waals surface area (Å²) in [6, 6.07) is 9.34. The molecule has 2 unspecified atom stereocenters. The van der Waals surface area contributed by atoms with Crippen LogP contribution < -0.4 is 34.6 Å². The lowest BCUT2D eigenvalue weighted by Gasteiger charge is -2.20. The van der Waals surface area contributed by atoms with Crippen molar-refractivity contribution in [3.63, 3.8) is 0 Å². The summed E-state index contributed by atoms with van der Waals surface area (Å²) < 4.78 is 32.4. The first-order valence-corrected chi connectivity index (χ1v) is 10.6. The third kappa shape index (κ3) is 4.30. The molecule has 1 aliphatic rings. The smallest absolute Gasteiger partial charge is 0.343 e. The van der Waals surface area contributed by atoms with Gasteiger partial charge in [-0.25, -0.2) is 4.79 Å². The Morgan fingerprint density at radius 3 is 2.17 bits per heavy atom. The van der Waals surface area contributed by atoms with Crippen molar-refractivity contribution in [1.82, 2.24) is 0 Å². The molecule has 10 heteroatoms. The standard InChI is InChI=1S/C25H25NO9/c1-12-8-17-21(25(29)34-12)20(13-6-7-16(30-2)15(27)9-13)23(35-17)24(28)26-14-10-18(31-3)22(33-5)19(11-14)32-4/h6-11,20,23,27H,1-5H3,(H,26,28). The highest BCUT2D eigenvalue weighted by Gasteiger charge is 2.43. The molecule has 2 N–H and O–H groups in total. The SMILES string of the molecule is COc1ccc(C2c3c(cc(C)oc3=O)OC2C(=O)Nc2cc(OC)c(OC)c(OC)c2)cc1O. The van der Waals surface area contributed by atoms with Crippen molar-refractivity contribution in [3.05, 3.63) is 63.7 Å². The maximum Gasteiger partial charge on any atom is 0.343 e. The van der Waals surface area contributed by atoms with E-state index < -0.39 is 23.6 Å². The minimum atomic E-state index is -1.14. The second-order valence-corrected chi connectivity index (χ2v) is 7.77. The number of carbonyl (C=O) groups excluding carboxylic acids is 1. The van der Waals surface area contributed by atoms with Crippen molar-refractivity contribution >= 4 is 11.6 Å². The van der Waals surface area contributed by atoms with Gasteiger partial charge in [0, 0.05) is 23.9 Å². The van der Waals surface area contributed by atoms with Gasteiger partial charge in [0.05, 0.1) is 39.9 Å². The van der Waals surface area contributed by atoms with Crippen molar-refractivity contribution < 1.29 is 38.0 Å². The Morgan fingerprint density at radius 2 is 1.60 bits per heavy atom. The summed E-state index contributed by atoms with van der Waals surface area (Å²) in [5, 5.41) is 13.1. The summed E-state index contributed by atoms with van der Waals surface area (Å²) >= 11 is 0. The number of amides is 1. The zero-order chi connectivity index (χ0) is 25.3. The first-order chi connectivity index (χ1) is 16.8. The lowest BCUT2D eigenvalue weighted by atomic mass is 9.88. The fourth-order valence-corrected chi connectivity index (χ4v) is 4.14. The molecule has 0 radical (unpaired) electrons. The lowest BCUT2D eigenvalue weighted by Crippen LogP contribution is -2.35. The molecule has 0 saturated carbocycles. The summed E-state index contributed by atoms with van der Waals surface area (Å²) in [5.41, 5.74) is 0.403. The van der Waals surface area contributed by atoms with E-state index in [1.807, 2.05) is 0 Å². The van der Waals surface area contributed by atoms with E-state index in [4.69, 9.17) is 28.1 Å². The molecule has 0 bridgehead atoms. The Bertz CT molecular complexity index is 1310. The Hall–Kier alpha value is -4.34. The molecule has 4 rings (SSSR count). The highest BCUT2D eigenvalue weighted by atomic mass is 16.5. The maximum atomic E-state index is 13.5. The van der Waals surface area contributed by atoms with Crippen LogP contribution in [0, 0.1) is 6.92 Å². The van der Waals surface area contributed by atoms with Gasteiger partial charge in [-0.15, -0.1) is 0 Å². The fraction of sp³-hybridized carbons (Fsp3) is 0.280. The van der Waals surface area contributed by atoms with Crippen molar-refractivity contribution in [1.29, 1.82) is 0 Å². The molecule has 3 aromatic rings. The molecule has 2 aromatic carbocycles. The molecule has 2 atom stereocenters. The van der Waals surface area contributed by atoms with Crippen LogP contribution >= 0.6 is 0 Å². The molecule has 0 saturated heterocycles. The van der Waals surface area contributed by atoms with Gasteiger partial charge in [-0.1, -0.05) is 6.07 Å². The summed E-state index contributed by atoms with van der Waals surface area (Å²) in [6.45, 7) is 1.61. The third-order valence-electron chi connectivity index (χ3n) is 5.69. The van der Waals surface area contributed by atoms with Crippen LogP contribution in [0.1, 0.15) is 22.8 Å². The summed E-state index contributed by atoms with van der Waals surface area (Å²) in [7, 11) is 5.83. The average Bonchev–Trinajstić information content (AvgIpc) is 3.23. The van der Waals surface area contributed by atoms with E-state index in [-0.39, 0.29) is 22.8 Å². The summed E-state index contributed by atoms with van der Waals surface area (Å²) in [6.07, 6.45) is -1.14. The van der Waals surface area contributed by atoms with E-state index in [1.165, 1.54) is 34.5 Å². The van der Waals surface area contributed by atoms with Crippen molar-refractivity contribution in [2.45, 2.75) is 18.9 Å². The molecule has 2 heterocycles. The Morgan fingerprint density at radius 1 is 0.943 bits per heavy atom. The molecule has 0 aliphatic carbocycles. The van der Waals surface area contributed by atoms with Gasteiger partial charge >= 0.3 is 5.63 Å². The van der Waals surface area contributed by atoms with Crippen LogP contribution in [0.3, 0.4) is 0 Å². The first kappa shape index (κ1) is 23.8. The number of aryl methyl sites for hydroxylation is 1. The minimum Gasteiger partial charge on any atom is -0.504 e. The van der Waals surface area contributed by atoms with Crippen LogP contribution in [-0.2, 0) is 4.79 Å². The van der Waals surface area contributed by atoms with Crippen LogP contribution in [0.25, 0.3) is 0 Å². The van der Waals surface area contributed by atoms with E-state index in [1.54, 1.807) is 37.3 Å². The number of carbonyl (C=O) groups is 1. The highest BCUT2D eigenvalue weighted by molar-refractivity contribution is 5.97. The number of ether oxygens (including phenoxy) is 5. The second kappa shape index (κ2) is 9.49. The van der Waals surface area contributed by atoms with Crippen LogP contribution in [0.15, 0.2) is 45.6 Å². The van der Waals surface area contributed by atoms with Gasteiger partial charge in [-0.3, -0.25) is 4.79 Å². The first-order valence-electron chi connectivity index (χ1n) is 10.6. The molecule has 1 aromatic heterocycles. The van der Waals surface area contributed by atoms with E-state index in [0.717, 1.165) is 0 Å². The third-order valence-corrected chi connectivity index (χ3v) is 5.69. The van der Waals surface area contributed by atoms with E-state index in [2.05, 4.69) is 5.32 Å². The van der Waals surface area contributed by atoms with Crippen LogP contribution in [0.2, 0.25) is 0 Å². The van der Waals surface area contributed by atoms with Gasteiger partial charge in [-0.05, 0) is 24.6 Å². The molecule has 1 amide bonds. The molecule has 0 spiro atoms. The quantitative estimate of drug-likeness (QED) is 0.521. The average molecular weight is 483 g/mol. The number of aromatic hydroxyl groups is 1. The van der Waals surface area contributed by atoms with Crippen molar-refractivity contribution in [2.24, 2.45) is 0 Å². The number of phenolic OH excluding ortho intramolecular Hbond substituents is 1. The number of anilines is 1. The molecular formula is C25H25NO9. The Kier molecular flexibility index (Phi) is 6.46. The van der Waals surface area contributed by atoms with Crippen molar-refractivity contribution in [2.75, 3.05) is 33.8 Å². The molecular weight excluding hydrogens is 458 g/mol. The number of nitrogens with one attached hydrogen (secondary N) is 1. The van der Waals surface area contributed by atoms with E-state index in [0.29, 0.717) is 34.3 Å². The number of methoxy groups -OCH3 is 4. The second-order valence-electron chi connectivity index (χ2n) is 7.77. The number of benzene rings is 2. The van der Waals surface area contributed by atoms with E-state index in [9.17, 15) is 14.7 Å². The molecule has 184 valence electrons. The van der Waals surface area contributed by atoms with Crippen LogP contribution in [-0.4, -0.2) is 45.6 Å². The van der Waals surface area contributed by atoms with Gasteiger partial charge in [0.25, 0.3) is 5.91 Å². The fourth-order valence-electron chi connectivity index (χ4n) is 4.14. The number of rotatable bonds is 7. The number of hydrogen-bond donors (Lipinski definition) is 2. The van der Waals surface area contributed by atoms with Gasteiger partial charge < -0.3 is 38.5 Å². The summed E-state index contributed by atoms with van der Waals surface area (Å²) in [5.74, 6) is 0.392. The molecule has 0 fully saturated rings. The van der Waals surface area contributed by atoms with Crippen LogP contribution in [0.5, 0.6) is 34.5 Å². The largest absolute Gasteiger partial charge is 0.504 e. The molecule has 1 aliphatic heterocycles. The van der Waals surface area contributed by atoms with Crippen LogP contribution in [0.4, 0.5) is 5.69 Å². The number of hydrogen-bond acceptors (Lipinski definition) is 9. The normalized spacial score (nSPS) is 16.1. The predicted octanol–water partition coefficient (Wildman–Crippen LogP) is 3.22. The lowest BCUT2D eigenvalue weighted by molar-refractivity contribution is -0.122. The topological polar surface area (TPSA) is 126 Å². The predicted molar refractivity (Wildman–Crippen MR) is 125 cm³/mol. The molecule has 10 nitrogen and oxygen atoms in total. The Balaban J connectivity index is 1.75. The number of phenols is 1. The Labute approximate surface area is 200 Å².